The Balaban J connectivity index is 1.45. The van der Waals surface area contributed by atoms with Gasteiger partial charge in [-0.2, -0.15) is 0 Å². The van der Waals surface area contributed by atoms with Gasteiger partial charge in [-0.15, -0.1) is 11.3 Å². The Bertz CT molecular complexity index is 2190. The maximum Gasteiger partial charge on any atom is 0.338 e. The zero-order valence-electron chi connectivity index (χ0n) is 25.8. The topological polar surface area (TPSA) is 96.2 Å². The first-order valence-electron chi connectivity index (χ1n) is 15.0. The molecule has 0 fully saturated rings. The van der Waals surface area contributed by atoms with Crippen LogP contribution in [-0.4, -0.2) is 29.7 Å². The van der Waals surface area contributed by atoms with Gasteiger partial charge < -0.3 is 14.2 Å². The molecular weight excluding hydrogens is 874 g/mol. The minimum Gasteiger partial charge on any atom is -0.487 e. The lowest BCUT2D eigenvalue weighted by Crippen LogP contribution is -2.39. The van der Waals surface area contributed by atoms with E-state index in [2.05, 4.69) is 45.2 Å². The fourth-order valence-corrected chi connectivity index (χ4v) is 9.11. The number of carbonyl (C=O) groups is 2. The van der Waals surface area contributed by atoms with E-state index in [4.69, 9.17) is 19.2 Å². The fourth-order valence-electron chi connectivity index (χ4n) is 5.24. The van der Waals surface area contributed by atoms with Crippen molar-refractivity contribution in [1.29, 1.82) is 0 Å². The molecule has 0 bridgehead atoms. The molecule has 1 atom stereocenters. The Morgan fingerprint density at radius 3 is 2.35 bits per heavy atom. The summed E-state index contributed by atoms with van der Waals surface area (Å²) in [7, 11) is 0. The lowest BCUT2D eigenvalue weighted by molar-refractivity contribution is -0.138. The molecule has 0 saturated heterocycles. The van der Waals surface area contributed by atoms with Gasteiger partial charge in [-0.1, -0.05) is 59.9 Å². The molecule has 1 aliphatic rings. The van der Waals surface area contributed by atoms with E-state index >= 15 is 0 Å². The Labute approximate surface area is 311 Å². The summed E-state index contributed by atoms with van der Waals surface area (Å²) in [5.74, 6) is -0.248. The summed E-state index contributed by atoms with van der Waals surface area (Å²) >= 11 is 7.23. The Hall–Kier alpha value is -3.60. The van der Waals surface area contributed by atoms with E-state index in [0.29, 0.717) is 38.5 Å². The number of thiophene rings is 1. The number of esters is 2. The summed E-state index contributed by atoms with van der Waals surface area (Å²) in [6, 6.07) is 23.7. The van der Waals surface area contributed by atoms with Gasteiger partial charge in [-0.05, 0) is 106 Å². The van der Waals surface area contributed by atoms with E-state index in [0.717, 1.165) is 28.7 Å². The van der Waals surface area contributed by atoms with E-state index in [-0.39, 0.29) is 24.7 Å². The molecular formula is C36H28I2N2O6S2. The van der Waals surface area contributed by atoms with E-state index in [1.54, 1.807) is 30.5 Å². The molecule has 12 heteroatoms. The molecule has 1 aliphatic heterocycles. The molecule has 0 amide bonds. The molecule has 3 heterocycles. The van der Waals surface area contributed by atoms with Crippen molar-refractivity contribution in [2.45, 2.75) is 26.5 Å². The smallest absolute Gasteiger partial charge is 0.338 e. The van der Waals surface area contributed by atoms with Crippen molar-refractivity contribution < 1.29 is 23.8 Å². The molecule has 6 rings (SSSR count). The number of aromatic nitrogens is 1. The van der Waals surface area contributed by atoms with Gasteiger partial charge in [-0.25, -0.2) is 14.6 Å². The lowest BCUT2D eigenvalue weighted by atomic mass is 9.97. The summed E-state index contributed by atoms with van der Waals surface area (Å²) in [5.41, 5.74) is 3.40. The molecule has 0 N–H and O–H groups in total. The maximum atomic E-state index is 14.3. The van der Waals surface area contributed by atoms with Crippen LogP contribution in [0, 0.1) is 7.14 Å². The number of halogens is 2. The summed E-state index contributed by atoms with van der Waals surface area (Å²) in [6.07, 6.45) is 1.83. The summed E-state index contributed by atoms with van der Waals surface area (Å²) < 4.78 is 20.9. The molecule has 48 heavy (non-hydrogen) atoms. The number of benzene rings is 3. The molecule has 0 aliphatic carbocycles. The summed E-state index contributed by atoms with van der Waals surface area (Å²) in [6.45, 7) is 4.29. The number of nitrogens with zero attached hydrogens (tertiary/aromatic N) is 2. The van der Waals surface area contributed by atoms with Crippen molar-refractivity contribution in [3.63, 3.8) is 0 Å². The normalized spacial score (nSPS) is 14.3. The minimum absolute atomic E-state index is 0.190. The molecule has 2 aromatic heterocycles. The minimum atomic E-state index is -0.706. The second-order valence-corrected chi connectivity index (χ2v) is 14.9. The average molecular weight is 903 g/mol. The van der Waals surface area contributed by atoms with Crippen LogP contribution in [0.15, 0.2) is 99.6 Å². The van der Waals surface area contributed by atoms with Crippen molar-refractivity contribution in [1.82, 2.24) is 4.57 Å². The van der Waals surface area contributed by atoms with Gasteiger partial charge in [-0.3, -0.25) is 9.36 Å². The van der Waals surface area contributed by atoms with E-state index in [1.807, 2.05) is 78.2 Å². The third-order valence-electron chi connectivity index (χ3n) is 7.36. The highest BCUT2D eigenvalue weighted by atomic mass is 127. The zero-order valence-corrected chi connectivity index (χ0v) is 31.7. The van der Waals surface area contributed by atoms with Gasteiger partial charge in [0.25, 0.3) is 5.56 Å². The number of rotatable bonds is 10. The van der Waals surface area contributed by atoms with Crippen molar-refractivity contribution >= 4 is 91.6 Å². The first-order chi connectivity index (χ1) is 23.3. The quantitative estimate of drug-likeness (QED) is 0.111. The van der Waals surface area contributed by atoms with Crippen LogP contribution < -0.4 is 19.6 Å². The van der Waals surface area contributed by atoms with Gasteiger partial charge in [0.15, 0.2) is 4.80 Å². The Morgan fingerprint density at radius 2 is 1.67 bits per heavy atom. The second kappa shape index (κ2) is 15.3. The molecule has 5 aromatic rings. The van der Waals surface area contributed by atoms with E-state index in [9.17, 15) is 14.4 Å². The summed E-state index contributed by atoms with van der Waals surface area (Å²) in [4.78, 5) is 46.2. The van der Waals surface area contributed by atoms with Crippen LogP contribution in [-0.2, 0) is 20.9 Å². The second-order valence-electron chi connectivity index (χ2n) is 10.5. The van der Waals surface area contributed by atoms with Gasteiger partial charge in [0, 0.05) is 19.6 Å². The number of hydrogen-bond donors (Lipinski definition) is 0. The van der Waals surface area contributed by atoms with Crippen molar-refractivity contribution in [3.05, 3.63) is 144 Å². The number of fused-ring (bicyclic) bond motifs is 1. The van der Waals surface area contributed by atoms with Crippen LogP contribution in [0.2, 0.25) is 0 Å². The van der Waals surface area contributed by atoms with Crippen LogP contribution >= 0.6 is 67.9 Å². The van der Waals surface area contributed by atoms with Gasteiger partial charge in [0.05, 0.1) is 38.1 Å². The predicted molar refractivity (Wildman–Crippen MR) is 204 cm³/mol. The highest BCUT2D eigenvalue weighted by Gasteiger charge is 2.35. The van der Waals surface area contributed by atoms with Crippen molar-refractivity contribution in [3.8, 4) is 5.75 Å². The molecule has 3 aromatic carbocycles. The monoisotopic (exact) mass is 902 g/mol. The number of thiazole rings is 1. The van der Waals surface area contributed by atoms with Crippen molar-refractivity contribution in [2.75, 3.05) is 13.2 Å². The van der Waals surface area contributed by atoms with Crippen molar-refractivity contribution in [2.24, 2.45) is 4.99 Å². The molecule has 0 spiro atoms. The average Bonchev–Trinajstić information content (AvgIpc) is 3.72. The largest absolute Gasteiger partial charge is 0.487 e. The Morgan fingerprint density at radius 1 is 0.938 bits per heavy atom. The number of carbonyl (C=O) groups excluding carboxylic acids is 2. The van der Waals surface area contributed by atoms with Gasteiger partial charge in [0.2, 0.25) is 0 Å². The fraction of sp³-hybridized carbons (Fsp3) is 0.167. The molecule has 0 radical (unpaired) electrons. The predicted octanol–water partition coefficient (Wildman–Crippen LogP) is 6.96. The van der Waals surface area contributed by atoms with Crippen LogP contribution in [0.3, 0.4) is 0 Å². The molecule has 8 nitrogen and oxygen atoms in total. The maximum absolute atomic E-state index is 14.3. The third-order valence-corrected chi connectivity index (χ3v) is 10.7. The standard InChI is InChI=1S/C36H28I2N2O6S2/c1-3-44-34(42)23-14-12-21(13-15-23)20-46-32-24(17-25(37)19-26(32)38)18-28-33(41)40-31(27-11-8-16-47-27)29(35(43)45-4-2)30(39-36(40)48-28)22-9-6-5-7-10-22/h5-19,31H,3-4,20H2,1-2H3/b28-18-/t31-/m1/s1. The highest BCUT2D eigenvalue weighted by molar-refractivity contribution is 14.1. The van der Waals surface area contributed by atoms with E-state index in [1.165, 1.54) is 22.7 Å². The highest BCUT2D eigenvalue weighted by Crippen LogP contribution is 2.37. The first-order valence-corrected chi connectivity index (χ1v) is 18.8. The molecule has 244 valence electrons. The first kappa shape index (κ1) is 34.3. The SMILES string of the molecule is CCOC(=O)C1=C(c2ccccc2)N=c2s/c(=C\c3cc(I)cc(I)c3OCc3ccc(C(=O)OCC)cc3)c(=O)n2[C@@H]1c1cccs1. The van der Waals surface area contributed by atoms with Gasteiger partial charge in [0.1, 0.15) is 18.4 Å². The summed E-state index contributed by atoms with van der Waals surface area (Å²) in [5, 5.41) is 1.93. The zero-order chi connectivity index (χ0) is 33.8. The number of hydrogen-bond acceptors (Lipinski definition) is 9. The molecule has 0 saturated carbocycles. The van der Waals surface area contributed by atoms with Crippen LogP contribution in [0.4, 0.5) is 0 Å². The lowest BCUT2D eigenvalue weighted by Gasteiger charge is -2.24. The van der Waals surface area contributed by atoms with Gasteiger partial charge >= 0.3 is 11.9 Å². The van der Waals surface area contributed by atoms with Crippen LogP contribution in [0.1, 0.15) is 51.8 Å². The third kappa shape index (κ3) is 7.21. The van der Waals surface area contributed by atoms with E-state index < -0.39 is 12.0 Å². The Kier molecular flexibility index (Phi) is 10.9. The number of ether oxygens (including phenoxy) is 3. The van der Waals surface area contributed by atoms with Crippen LogP contribution in [0.25, 0.3) is 11.8 Å². The molecule has 0 unspecified atom stereocenters. The van der Waals surface area contributed by atoms with Crippen LogP contribution in [0.5, 0.6) is 5.75 Å².